The van der Waals surface area contributed by atoms with Crippen molar-refractivity contribution in [1.29, 1.82) is 0 Å². The predicted octanol–water partition coefficient (Wildman–Crippen LogP) is 4.24. The minimum atomic E-state index is -0.174. The molecule has 0 aliphatic carbocycles. The molecule has 2 aromatic rings. The summed E-state index contributed by atoms with van der Waals surface area (Å²) in [5.41, 5.74) is 2.57. The maximum absolute atomic E-state index is 12.3. The number of ether oxygens (including phenoxy) is 2. The van der Waals surface area contributed by atoms with Crippen LogP contribution in [-0.4, -0.2) is 31.9 Å². The van der Waals surface area contributed by atoms with E-state index in [2.05, 4.69) is 36.5 Å². The fraction of sp³-hybridized carbons (Fsp3) is 0.381. The standard InChI is InChI=1S/C21H27NO3S/c1-15-7-9-17(10-8-15)6-5-13-22-21(23)16(2)26-18-11-12-19(24-3)20(14-18)25-4/h7-12,14,16H,5-6,13H2,1-4H3,(H,22,23)/t16-/m1/s1. The van der Waals surface area contributed by atoms with Crippen LogP contribution in [0.5, 0.6) is 11.5 Å². The van der Waals surface area contributed by atoms with Crippen LogP contribution in [0.15, 0.2) is 47.4 Å². The summed E-state index contributed by atoms with van der Waals surface area (Å²) in [6.45, 7) is 4.68. The van der Waals surface area contributed by atoms with Crippen LogP contribution in [0.1, 0.15) is 24.5 Å². The molecule has 1 N–H and O–H groups in total. The van der Waals surface area contributed by atoms with E-state index in [4.69, 9.17) is 9.47 Å². The van der Waals surface area contributed by atoms with Crippen molar-refractivity contribution in [2.45, 2.75) is 36.8 Å². The van der Waals surface area contributed by atoms with Gasteiger partial charge in [-0.2, -0.15) is 0 Å². The Kier molecular flexibility index (Phi) is 7.85. The van der Waals surface area contributed by atoms with Gasteiger partial charge in [-0.1, -0.05) is 29.8 Å². The third-order valence-electron chi connectivity index (χ3n) is 4.10. The van der Waals surface area contributed by atoms with Crippen LogP contribution in [0.25, 0.3) is 0 Å². The monoisotopic (exact) mass is 373 g/mol. The largest absolute Gasteiger partial charge is 0.493 e. The van der Waals surface area contributed by atoms with E-state index < -0.39 is 0 Å². The van der Waals surface area contributed by atoms with Crippen LogP contribution in [0.4, 0.5) is 0 Å². The summed E-state index contributed by atoms with van der Waals surface area (Å²) in [5.74, 6) is 1.40. The molecule has 0 aromatic heterocycles. The maximum atomic E-state index is 12.3. The lowest BCUT2D eigenvalue weighted by atomic mass is 10.1. The number of hydrogen-bond acceptors (Lipinski definition) is 4. The van der Waals surface area contributed by atoms with E-state index in [-0.39, 0.29) is 11.2 Å². The number of thioether (sulfide) groups is 1. The number of amides is 1. The Morgan fingerprint density at radius 3 is 2.42 bits per heavy atom. The molecule has 0 spiro atoms. The normalized spacial score (nSPS) is 11.7. The Hall–Kier alpha value is -2.14. The first-order chi connectivity index (χ1) is 12.5. The van der Waals surface area contributed by atoms with E-state index in [1.165, 1.54) is 22.9 Å². The first-order valence-corrected chi connectivity index (χ1v) is 9.63. The molecule has 1 atom stereocenters. The van der Waals surface area contributed by atoms with Crippen LogP contribution in [-0.2, 0) is 11.2 Å². The van der Waals surface area contributed by atoms with Gasteiger partial charge in [-0.3, -0.25) is 4.79 Å². The summed E-state index contributed by atoms with van der Waals surface area (Å²) in [5, 5.41) is 2.85. The smallest absolute Gasteiger partial charge is 0.233 e. The Labute approximate surface area is 160 Å². The summed E-state index contributed by atoms with van der Waals surface area (Å²) < 4.78 is 10.5. The fourth-order valence-electron chi connectivity index (χ4n) is 2.55. The van der Waals surface area contributed by atoms with Crippen molar-refractivity contribution in [2.24, 2.45) is 0 Å². The van der Waals surface area contributed by atoms with Gasteiger partial charge in [-0.25, -0.2) is 0 Å². The molecule has 0 fully saturated rings. The van der Waals surface area contributed by atoms with Crippen LogP contribution in [0, 0.1) is 6.92 Å². The fourth-order valence-corrected chi connectivity index (χ4v) is 3.47. The Morgan fingerprint density at radius 1 is 1.08 bits per heavy atom. The molecule has 5 heteroatoms. The number of carbonyl (C=O) groups is 1. The molecular formula is C21H27NO3S. The van der Waals surface area contributed by atoms with Crippen LogP contribution >= 0.6 is 11.8 Å². The van der Waals surface area contributed by atoms with Crippen molar-refractivity contribution >= 4 is 17.7 Å². The molecule has 0 aliphatic heterocycles. The van der Waals surface area contributed by atoms with Gasteiger partial charge in [0.15, 0.2) is 11.5 Å². The number of hydrogen-bond donors (Lipinski definition) is 1. The summed E-state index contributed by atoms with van der Waals surface area (Å²) in [6, 6.07) is 14.2. The Morgan fingerprint density at radius 2 is 1.77 bits per heavy atom. The molecule has 140 valence electrons. The second-order valence-electron chi connectivity index (χ2n) is 6.16. The molecule has 2 rings (SSSR count). The van der Waals surface area contributed by atoms with Crippen molar-refractivity contribution in [3.8, 4) is 11.5 Å². The first kappa shape index (κ1) is 20.2. The summed E-state index contributed by atoms with van der Waals surface area (Å²) >= 11 is 1.51. The highest BCUT2D eigenvalue weighted by Crippen LogP contribution is 2.33. The SMILES string of the molecule is COc1ccc(S[C@H](C)C(=O)NCCCc2ccc(C)cc2)cc1OC. The highest BCUT2D eigenvalue weighted by molar-refractivity contribution is 8.00. The van der Waals surface area contributed by atoms with Gasteiger partial charge in [0.2, 0.25) is 5.91 Å². The van der Waals surface area contributed by atoms with Crippen LogP contribution in [0.2, 0.25) is 0 Å². The molecule has 4 nitrogen and oxygen atoms in total. The summed E-state index contributed by atoms with van der Waals surface area (Å²) in [4.78, 5) is 13.3. The zero-order valence-corrected chi connectivity index (χ0v) is 16.7. The van der Waals surface area contributed by atoms with Gasteiger partial charge in [-0.05, 0) is 50.5 Å². The molecule has 0 aliphatic rings. The molecule has 0 radical (unpaired) electrons. The lowest BCUT2D eigenvalue weighted by Crippen LogP contribution is -2.31. The van der Waals surface area contributed by atoms with Crippen molar-refractivity contribution in [2.75, 3.05) is 20.8 Å². The lowest BCUT2D eigenvalue weighted by molar-refractivity contribution is -0.120. The van der Waals surface area contributed by atoms with E-state index in [0.29, 0.717) is 18.0 Å². The molecule has 0 heterocycles. The molecule has 2 aromatic carbocycles. The zero-order valence-electron chi connectivity index (χ0n) is 15.9. The maximum Gasteiger partial charge on any atom is 0.233 e. The topological polar surface area (TPSA) is 47.6 Å². The average molecular weight is 374 g/mol. The van der Waals surface area contributed by atoms with Crippen molar-refractivity contribution < 1.29 is 14.3 Å². The second-order valence-corrected chi connectivity index (χ2v) is 7.57. The highest BCUT2D eigenvalue weighted by atomic mass is 32.2. The van der Waals surface area contributed by atoms with Gasteiger partial charge in [0.25, 0.3) is 0 Å². The van der Waals surface area contributed by atoms with Gasteiger partial charge in [0, 0.05) is 11.4 Å². The Balaban J connectivity index is 1.77. The number of aryl methyl sites for hydroxylation is 2. The van der Waals surface area contributed by atoms with E-state index in [0.717, 1.165) is 17.7 Å². The van der Waals surface area contributed by atoms with E-state index in [1.807, 2.05) is 25.1 Å². The lowest BCUT2D eigenvalue weighted by Gasteiger charge is -2.14. The molecule has 0 unspecified atom stereocenters. The molecule has 0 bridgehead atoms. The van der Waals surface area contributed by atoms with Crippen molar-refractivity contribution in [3.05, 3.63) is 53.6 Å². The summed E-state index contributed by atoms with van der Waals surface area (Å²) in [6.07, 6.45) is 1.90. The van der Waals surface area contributed by atoms with E-state index >= 15 is 0 Å². The first-order valence-electron chi connectivity index (χ1n) is 8.75. The second kappa shape index (κ2) is 10.1. The summed E-state index contributed by atoms with van der Waals surface area (Å²) in [7, 11) is 3.22. The predicted molar refractivity (Wildman–Crippen MR) is 107 cm³/mol. The van der Waals surface area contributed by atoms with Crippen LogP contribution < -0.4 is 14.8 Å². The number of methoxy groups -OCH3 is 2. The third-order valence-corrected chi connectivity index (χ3v) is 5.19. The third kappa shape index (κ3) is 5.99. The molecule has 0 saturated carbocycles. The van der Waals surface area contributed by atoms with Crippen molar-refractivity contribution in [3.63, 3.8) is 0 Å². The molecule has 1 amide bonds. The number of carbonyl (C=O) groups excluding carboxylic acids is 1. The quantitative estimate of drug-likeness (QED) is 0.527. The van der Waals surface area contributed by atoms with Gasteiger partial charge in [-0.15, -0.1) is 11.8 Å². The van der Waals surface area contributed by atoms with Crippen LogP contribution in [0.3, 0.4) is 0 Å². The van der Waals surface area contributed by atoms with Gasteiger partial charge in [0.05, 0.1) is 19.5 Å². The number of nitrogens with one attached hydrogen (secondary N) is 1. The molecule has 0 saturated heterocycles. The molecule has 26 heavy (non-hydrogen) atoms. The molecular weight excluding hydrogens is 346 g/mol. The van der Waals surface area contributed by atoms with Gasteiger partial charge < -0.3 is 14.8 Å². The van der Waals surface area contributed by atoms with E-state index in [9.17, 15) is 4.79 Å². The number of benzene rings is 2. The van der Waals surface area contributed by atoms with E-state index in [1.54, 1.807) is 14.2 Å². The number of rotatable bonds is 9. The minimum Gasteiger partial charge on any atom is -0.493 e. The minimum absolute atomic E-state index is 0.0497. The Bertz CT molecular complexity index is 716. The highest BCUT2D eigenvalue weighted by Gasteiger charge is 2.15. The van der Waals surface area contributed by atoms with Crippen molar-refractivity contribution in [1.82, 2.24) is 5.32 Å². The average Bonchev–Trinajstić information content (AvgIpc) is 2.66. The zero-order chi connectivity index (χ0) is 18.9. The van der Waals surface area contributed by atoms with Gasteiger partial charge in [0.1, 0.15) is 0 Å². The van der Waals surface area contributed by atoms with Gasteiger partial charge >= 0.3 is 0 Å².